The average Bonchev–Trinajstić information content (AvgIpc) is 3.04. The first-order valence-electron chi connectivity index (χ1n) is 7.62. The number of benzene rings is 2. The topological polar surface area (TPSA) is 37.3 Å². The van der Waals surface area contributed by atoms with Gasteiger partial charge in [0.15, 0.2) is 0 Å². The van der Waals surface area contributed by atoms with Gasteiger partial charge in [-0.05, 0) is 50.1 Å². The summed E-state index contributed by atoms with van der Waals surface area (Å²) >= 11 is 7.46. The smallest absolute Gasteiger partial charge is 0.203 e. The van der Waals surface area contributed by atoms with Crippen LogP contribution in [0.4, 0.5) is 5.13 Å². The molecule has 1 aromatic heterocycles. The molecule has 6 heteroatoms. The van der Waals surface area contributed by atoms with Gasteiger partial charge in [-0.25, -0.2) is 4.98 Å². The van der Waals surface area contributed by atoms with Crippen LogP contribution in [-0.4, -0.2) is 10.7 Å². The molecular weight excluding hydrogens is 418 g/mol. The van der Waals surface area contributed by atoms with E-state index < -0.39 is 0 Å². The lowest BCUT2D eigenvalue weighted by Gasteiger charge is -2.04. The maximum atomic E-state index is 5.91. The van der Waals surface area contributed by atoms with Crippen LogP contribution in [0.5, 0.6) is 0 Å². The molecule has 0 saturated heterocycles. The predicted octanol–water partition coefficient (Wildman–Crippen LogP) is 6.49. The van der Waals surface area contributed by atoms with E-state index in [1.54, 1.807) is 11.3 Å². The molecule has 3 aromatic rings. The van der Waals surface area contributed by atoms with E-state index in [4.69, 9.17) is 11.6 Å². The van der Waals surface area contributed by atoms with Gasteiger partial charge >= 0.3 is 0 Å². The molecule has 1 heterocycles. The van der Waals surface area contributed by atoms with Crippen LogP contribution in [0.1, 0.15) is 23.6 Å². The van der Waals surface area contributed by atoms with Gasteiger partial charge in [0.25, 0.3) is 0 Å². The Bertz CT molecular complexity index is 888. The molecule has 1 N–H and O–H groups in total. The third kappa shape index (κ3) is 4.91. The van der Waals surface area contributed by atoms with Crippen LogP contribution >= 0.6 is 39.9 Å². The van der Waals surface area contributed by atoms with Crippen LogP contribution < -0.4 is 5.43 Å². The van der Waals surface area contributed by atoms with Gasteiger partial charge < -0.3 is 0 Å². The summed E-state index contributed by atoms with van der Waals surface area (Å²) in [6, 6.07) is 14.0. The number of hydrazone groups is 1. The van der Waals surface area contributed by atoms with Crippen LogP contribution in [0, 0.1) is 13.8 Å². The van der Waals surface area contributed by atoms with E-state index in [1.807, 2.05) is 31.2 Å². The predicted molar refractivity (Wildman–Crippen MR) is 115 cm³/mol. The molecule has 0 fully saturated rings. The summed E-state index contributed by atoms with van der Waals surface area (Å²) in [4.78, 5) is 4.64. The lowest BCUT2D eigenvalue weighted by atomic mass is 10.0. The van der Waals surface area contributed by atoms with Crippen molar-refractivity contribution in [2.24, 2.45) is 5.10 Å². The second-order valence-corrected chi connectivity index (χ2v) is 6.97. The van der Waals surface area contributed by atoms with Crippen molar-refractivity contribution in [2.75, 3.05) is 5.43 Å². The van der Waals surface area contributed by atoms with Gasteiger partial charge in [0.1, 0.15) is 0 Å². The Kier molecular flexibility index (Phi) is 6.76. The summed E-state index contributed by atoms with van der Waals surface area (Å²) in [5, 5.41) is 7.96. The number of hydrogen-bond donors (Lipinski definition) is 1. The molecule has 0 spiro atoms. The van der Waals surface area contributed by atoms with Crippen molar-refractivity contribution in [3.05, 3.63) is 69.6 Å². The third-order valence-corrected chi connectivity index (χ3v) is 4.75. The fourth-order valence-corrected chi connectivity index (χ4v) is 3.13. The van der Waals surface area contributed by atoms with E-state index in [0.717, 1.165) is 32.7 Å². The summed E-state index contributed by atoms with van der Waals surface area (Å²) in [5.41, 5.74) is 9.55. The van der Waals surface area contributed by atoms with Crippen LogP contribution in [0.3, 0.4) is 0 Å². The third-order valence-electron chi connectivity index (χ3n) is 3.75. The van der Waals surface area contributed by atoms with Gasteiger partial charge in [0, 0.05) is 16.0 Å². The van der Waals surface area contributed by atoms with Gasteiger partial charge in [-0.1, -0.05) is 41.4 Å². The molecule has 0 unspecified atom stereocenters. The zero-order valence-electron chi connectivity index (χ0n) is 14.2. The molecule has 3 rings (SSSR count). The Hall–Kier alpha value is -1.69. The maximum Gasteiger partial charge on any atom is 0.203 e. The van der Waals surface area contributed by atoms with E-state index in [2.05, 4.69) is 52.9 Å². The molecule has 0 saturated carbocycles. The minimum Gasteiger partial charge on any atom is -0.252 e. The maximum absolute atomic E-state index is 5.91. The first-order chi connectivity index (χ1) is 11.5. The number of nitrogens with zero attached hydrogens (tertiary/aromatic N) is 2. The molecule has 0 aliphatic carbocycles. The number of aryl methyl sites for hydroxylation is 2. The van der Waals surface area contributed by atoms with Gasteiger partial charge in [0.2, 0.25) is 5.13 Å². The number of aromatic nitrogens is 1. The molecule has 0 amide bonds. The summed E-state index contributed by atoms with van der Waals surface area (Å²) < 4.78 is 0. The second kappa shape index (κ2) is 8.61. The fourth-order valence-electron chi connectivity index (χ4n) is 2.35. The highest BCUT2D eigenvalue weighted by molar-refractivity contribution is 8.93. The Balaban J connectivity index is 0.00000225. The number of nitrogens with one attached hydrogen (secondary N) is 1. The van der Waals surface area contributed by atoms with Crippen LogP contribution in [-0.2, 0) is 0 Å². The first-order valence-corrected chi connectivity index (χ1v) is 8.88. The molecule has 0 atom stereocenters. The highest BCUT2D eigenvalue weighted by Gasteiger charge is 2.07. The Morgan fingerprint density at radius 1 is 1.12 bits per heavy atom. The molecule has 130 valence electrons. The summed E-state index contributed by atoms with van der Waals surface area (Å²) in [6.45, 7) is 6.15. The van der Waals surface area contributed by atoms with Crippen molar-refractivity contribution in [2.45, 2.75) is 20.8 Å². The lowest BCUT2D eigenvalue weighted by molar-refractivity contribution is 1.26. The van der Waals surface area contributed by atoms with Crippen molar-refractivity contribution in [1.82, 2.24) is 4.98 Å². The molecular formula is C19H19BrClN3S. The number of thiazole rings is 1. The molecule has 25 heavy (non-hydrogen) atoms. The second-order valence-electron chi connectivity index (χ2n) is 5.67. The van der Waals surface area contributed by atoms with E-state index in [1.165, 1.54) is 11.1 Å². The Morgan fingerprint density at radius 2 is 1.84 bits per heavy atom. The number of hydrogen-bond acceptors (Lipinski definition) is 4. The van der Waals surface area contributed by atoms with Crippen LogP contribution in [0.25, 0.3) is 11.3 Å². The Labute approximate surface area is 167 Å². The van der Waals surface area contributed by atoms with Gasteiger partial charge in [-0.2, -0.15) is 5.10 Å². The lowest BCUT2D eigenvalue weighted by Crippen LogP contribution is -1.99. The van der Waals surface area contributed by atoms with Gasteiger partial charge in [0.05, 0.1) is 11.4 Å². The highest BCUT2D eigenvalue weighted by Crippen LogP contribution is 2.28. The van der Waals surface area contributed by atoms with Crippen molar-refractivity contribution in [3.8, 4) is 11.3 Å². The van der Waals surface area contributed by atoms with Crippen molar-refractivity contribution in [3.63, 3.8) is 0 Å². The van der Waals surface area contributed by atoms with E-state index >= 15 is 0 Å². The van der Waals surface area contributed by atoms with E-state index in [9.17, 15) is 0 Å². The quantitative estimate of drug-likeness (QED) is 0.374. The average molecular weight is 437 g/mol. The molecule has 3 nitrogen and oxygen atoms in total. The number of rotatable bonds is 4. The molecule has 0 aliphatic heterocycles. The fraction of sp³-hybridized carbons (Fsp3) is 0.158. The van der Waals surface area contributed by atoms with Gasteiger partial charge in [-0.15, -0.1) is 28.3 Å². The number of halogens is 2. The molecule has 2 aromatic carbocycles. The van der Waals surface area contributed by atoms with Crippen molar-refractivity contribution < 1.29 is 0 Å². The standard InChI is InChI=1S/C19H18ClN3S.BrH/c1-12-4-5-13(2)17(10-12)18-11-24-19(21-18)23-22-14(3)15-6-8-16(20)9-7-15;/h4-11H,1-3H3,(H,21,23);1H/b22-14+;. The number of anilines is 1. The first kappa shape index (κ1) is 19.6. The van der Waals surface area contributed by atoms with E-state index in [-0.39, 0.29) is 17.0 Å². The highest BCUT2D eigenvalue weighted by atomic mass is 79.9. The van der Waals surface area contributed by atoms with Crippen molar-refractivity contribution >= 4 is 50.8 Å². The summed E-state index contributed by atoms with van der Waals surface area (Å²) in [5.74, 6) is 0. The zero-order valence-corrected chi connectivity index (χ0v) is 17.5. The normalized spacial score (nSPS) is 11.1. The molecule has 0 aliphatic rings. The Morgan fingerprint density at radius 3 is 2.56 bits per heavy atom. The largest absolute Gasteiger partial charge is 0.252 e. The zero-order chi connectivity index (χ0) is 17.1. The van der Waals surface area contributed by atoms with Crippen molar-refractivity contribution in [1.29, 1.82) is 0 Å². The summed E-state index contributed by atoms with van der Waals surface area (Å²) in [6.07, 6.45) is 0. The monoisotopic (exact) mass is 435 g/mol. The van der Waals surface area contributed by atoms with Crippen LogP contribution in [0.15, 0.2) is 52.9 Å². The molecule has 0 bridgehead atoms. The SMILES string of the molecule is Br.C/C(=N\Nc1nc(-c2cc(C)ccc2C)cs1)c1ccc(Cl)cc1. The van der Waals surface area contributed by atoms with Crippen LogP contribution in [0.2, 0.25) is 5.02 Å². The minimum atomic E-state index is 0. The molecule has 0 radical (unpaired) electrons. The minimum absolute atomic E-state index is 0. The van der Waals surface area contributed by atoms with E-state index in [0.29, 0.717) is 0 Å². The van der Waals surface area contributed by atoms with Gasteiger partial charge in [-0.3, -0.25) is 5.43 Å². The summed E-state index contributed by atoms with van der Waals surface area (Å²) in [7, 11) is 0.